The highest BCUT2D eigenvalue weighted by Crippen LogP contribution is 2.26. The van der Waals surface area contributed by atoms with Gasteiger partial charge in [0.15, 0.2) is 0 Å². The number of hydrogen-bond acceptors (Lipinski definition) is 2. The van der Waals surface area contributed by atoms with Gasteiger partial charge in [-0.05, 0) is 6.92 Å². The van der Waals surface area contributed by atoms with Crippen LogP contribution in [-0.4, -0.2) is 37.8 Å². The van der Waals surface area contributed by atoms with Crippen LogP contribution in [0.2, 0.25) is 0 Å². The number of amides is 2. The molecule has 1 atom stereocenters. The Hall–Kier alpha value is 0.907. The van der Waals surface area contributed by atoms with Crippen molar-refractivity contribution in [2.75, 3.05) is 13.1 Å². The van der Waals surface area contributed by atoms with Gasteiger partial charge in [0.05, 0.1) is 5.67 Å². The summed E-state index contributed by atoms with van der Waals surface area (Å²) in [5.41, 5.74) is -0.0267. The fourth-order valence-corrected chi connectivity index (χ4v) is 3.68. The standard InChI is InChI=1S/C5H10I2N2O2Si/c1-4(12(6,7)11)9-3-2-8-5(9)10/h4,11H,2-3H2,1H3,(H,8,10). The highest BCUT2D eigenvalue weighted by molar-refractivity contribution is 14.3. The molecule has 70 valence electrons. The van der Waals surface area contributed by atoms with Crippen LogP contribution in [-0.2, 0) is 0 Å². The first kappa shape index (κ1) is 11.0. The molecule has 1 heterocycles. The number of nitrogens with one attached hydrogen (secondary N) is 1. The first-order valence-corrected chi connectivity index (χ1v) is 11.8. The maximum absolute atomic E-state index is 11.2. The lowest BCUT2D eigenvalue weighted by Gasteiger charge is -2.27. The quantitative estimate of drug-likeness (QED) is 0.400. The van der Waals surface area contributed by atoms with Crippen LogP contribution in [0.3, 0.4) is 0 Å². The Labute approximate surface area is 97.6 Å². The maximum atomic E-state index is 11.2. The van der Waals surface area contributed by atoms with Gasteiger partial charge in [0.2, 0.25) is 0 Å². The summed E-state index contributed by atoms with van der Waals surface area (Å²) >= 11 is 4.12. The number of halogens is 2. The molecule has 2 N–H and O–H groups in total. The number of nitrogens with zero attached hydrogens (tertiary/aromatic N) is 1. The minimum Gasteiger partial charge on any atom is -0.415 e. The van der Waals surface area contributed by atoms with Crippen LogP contribution < -0.4 is 5.32 Å². The minimum absolute atomic E-state index is 0.0267. The van der Waals surface area contributed by atoms with Gasteiger partial charge in [0.1, 0.15) is 0 Å². The average molecular weight is 412 g/mol. The van der Waals surface area contributed by atoms with Crippen molar-refractivity contribution in [3.8, 4) is 0 Å². The molecule has 1 fully saturated rings. The number of carbonyl (C=O) groups is 1. The van der Waals surface area contributed by atoms with Gasteiger partial charge in [-0.3, -0.25) is 0 Å². The van der Waals surface area contributed by atoms with E-state index in [1.54, 1.807) is 4.90 Å². The number of carbonyl (C=O) groups excluding carboxylic acids is 1. The minimum atomic E-state index is -2.26. The third-order valence-electron chi connectivity index (χ3n) is 1.86. The molecule has 0 spiro atoms. The van der Waals surface area contributed by atoms with Crippen molar-refractivity contribution in [2.45, 2.75) is 12.6 Å². The molecule has 0 aromatic carbocycles. The molecule has 0 aromatic heterocycles. The summed E-state index contributed by atoms with van der Waals surface area (Å²) in [7, 11) is 0. The van der Waals surface area contributed by atoms with Gasteiger partial charge in [0.25, 0.3) is 0 Å². The Morgan fingerprint density at radius 1 is 1.75 bits per heavy atom. The summed E-state index contributed by atoms with van der Waals surface area (Å²) < 4.78 is -2.26. The first-order chi connectivity index (χ1) is 5.43. The van der Waals surface area contributed by atoms with Gasteiger partial charge >= 0.3 is 9.34 Å². The monoisotopic (exact) mass is 412 g/mol. The van der Waals surface area contributed by atoms with Crippen molar-refractivity contribution in [2.24, 2.45) is 0 Å². The smallest absolute Gasteiger partial charge is 0.345 e. The van der Waals surface area contributed by atoms with Gasteiger partial charge in [0, 0.05) is 13.1 Å². The second kappa shape index (κ2) is 3.96. The highest BCUT2D eigenvalue weighted by Gasteiger charge is 2.39. The fourth-order valence-electron chi connectivity index (χ4n) is 1.04. The summed E-state index contributed by atoms with van der Waals surface area (Å²) in [5.74, 6) is 0. The lowest BCUT2D eigenvalue weighted by Crippen LogP contribution is -2.48. The molecule has 7 heteroatoms. The van der Waals surface area contributed by atoms with Crippen LogP contribution >= 0.6 is 43.6 Å². The zero-order valence-corrected chi connectivity index (χ0v) is 11.9. The van der Waals surface area contributed by atoms with E-state index in [-0.39, 0.29) is 11.7 Å². The summed E-state index contributed by atoms with van der Waals surface area (Å²) in [6, 6.07) is -0.0539. The summed E-state index contributed by atoms with van der Waals surface area (Å²) in [5, 5.41) is 2.71. The Balaban J connectivity index is 2.63. The van der Waals surface area contributed by atoms with E-state index in [1.807, 2.05) is 6.92 Å². The van der Waals surface area contributed by atoms with E-state index in [9.17, 15) is 9.59 Å². The molecule has 0 aromatic rings. The maximum Gasteiger partial charge on any atom is 0.345 e. The van der Waals surface area contributed by atoms with Crippen LogP contribution in [0.1, 0.15) is 6.92 Å². The summed E-state index contributed by atoms with van der Waals surface area (Å²) in [6.07, 6.45) is 0. The molecule has 1 rings (SSSR count). The third kappa shape index (κ3) is 2.45. The zero-order valence-electron chi connectivity index (χ0n) is 6.55. The van der Waals surface area contributed by atoms with Crippen LogP contribution in [0.5, 0.6) is 0 Å². The molecule has 1 aliphatic rings. The molecule has 12 heavy (non-hydrogen) atoms. The zero-order chi connectivity index (χ0) is 9.35. The van der Waals surface area contributed by atoms with Crippen LogP contribution in [0.25, 0.3) is 0 Å². The van der Waals surface area contributed by atoms with Crippen LogP contribution in [0, 0.1) is 0 Å². The molecule has 0 saturated carbocycles. The van der Waals surface area contributed by atoms with Gasteiger partial charge in [-0.25, -0.2) is 4.79 Å². The van der Waals surface area contributed by atoms with Crippen molar-refractivity contribution in [3.05, 3.63) is 0 Å². The molecule has 0 aliphatic carbocycles. The van der Waals surface area contributed by atoms with Gasteiger partial charge in [-0.1, -0.05) is 43.6 Å². The molecule has 1 aliphatic heterocycles. The Bertz CT molecular complexity index is 196. The lowest BCUT2D eigenvalue weighted by atomic mass is 10.6. The average Bonchev–Trinajstić information content (AvgIpc) is 2.31. The first-order valence-electron chi connectivity index (χ1n) is 3.57. The van der Waals surface area contributed by atoms with E-state index in [1.165, 1.54) is 0 Å². The van der Waals surface area contributed by atoms with Crippen molar-refractivity contribution in [3.63, 3.8) is 0 Å². The van der Waals surface area contributed by atoms with E-state index in [0.29, 0.717) is 13.1 Å². The van der Waals surface area contributed by atoms with Crippen molar-refractivity contribution >= 4 is 52.9 Å². The molecular weight excluding hydrogens is 402 g/mol. The largest absolute Gasteiger partial charge is 0.415 e. The third-order valence-corrected chi connectivity index (χ3v) is 8.58. The van der Waals surface area contributed by atoms with Crippen molar-refractivity contribution in [1.82, 2.24) is 10.2 Å². The van der Waals surface area contributed by atoms with Crippen LogP contribution in [0.4, 0.5) is 4.79 Å². The van der Waals surface area contributed by atoms with Gasteiger partial charge in [-0.15, -0.1) is 0 Å². The number of urea groups is 1. The molecule has 1 unspecified atom stereocenters. The highest BCUT2D eigenvalue weighted by atomic mass is 127. The van der Waals surface area contributed by atoms with E-state index < -0.39 is 3.31 Å². The molecule has 1 saturated heterocycles. The lowest BCUT2D eigenvalue weighted by molar-refractivity contribution is 0.212. The number of hydrogen-bond donors (Lipinski definition) is 2. The Kier molecular flexibility index (Phi) is 3.63. The normalized spacial score (nSPS) is 21.0. The molecule has 0 bridgehead atoms. The van der Waals surface area contributed by atoms with E-state index in [2.05, 4.69) is 48.9 Å². The summed E-state index contributed by atoms with van der Waals surface area (Å²) in [6.45, 7) is 3.30. The topological polar surface area (TPSA) is 52.6 Å². The predicted molar refractivity (Wildman–Crippen MR) is 65.6 cm³/mol. The Morgan fingerprint density at radius 2 is 2.33 bits per heavy atom. The van der Waals surface area contributed by atoms with Crippen molar-refractivity contribution in [1.29, 1.82) is 0 Å². The second-order valence-electron chi connectivity index (χ2n) is 2.69. The molecule has 4 nitrogen and oxygen atoms in total. The fraction of sp³-hybridized carbons (Fsp3) is 0.800. The van der Waals surface area contributed by atoms with Crippen molar-refractivity contribution < 1.29 is 9.59 Å². The predicted octanol–water partition coefficient (Wildman–Crippen LogP) is 0.741. The second-order valence-corrected chi connectivity index (χ2v) is 20.8. The molecular formula is C5H10I2N2O2Si. The SMILES string of the molecule is CC(N1CCNC1=O)[Si](O)(I)I. The number of rotatable bonds is 2. The van der Waals surface area contributed by atoms with E-state index in [0.717, 1.165) is 0 Å². The van der Waals surface area contributed by atoms with Gasteiger partial charge in [-0.2, -0.15) is 0 Å². The van der Waals surface area contributed by atoms with E-state index >= 15 is 0 Å². The van der Waals surface area contributed by atoms with E-state index in [4.69, 9.17) is 0 Å². The van der Waals surface area contributed by atoms with Crippen LogP contribution in [0.15, 0.2) is 0 Å². The Morgan fingerprint density at radius 3 is 2.67 bits per heavy atom. The van der Waals surface area contributed by atoms with Gasteiger partial charge < -0.3 is 15.0 Å². The molecule has 0 radical (unpaired) electrons. The summed E-state index contributed by atoms with van der Waals surface area (Å²) in [4.78, 5) is 22.6. The molecule has 2 amide bonds.